The molecular weight excluding hydrogens is 354 g/mol. The van der Waals surface area contributed by atoms with Crippen molar-refractivity contribution in [2.24, 2.45) is 0 Å². The van der Waals surface area contributed by atoms with Crippen LogP contribution in [0.2, 0.25) is 5.02 Å². The Kier molecular flexibility index (Phi) is 5.23. The molecule has 0 saturated carbocycles. The highest BCUT2D eigenvalue weighted by Crippen LogP contribution is 2.20. The standard InChI is InChI=1S/C19H18ClN3O3/c1-12-9-14(20)7-8-15(12)21-17(24)11-23-18(25)16(22-19(23)26)10-13-5-3-2-4-6-13/h2-9,16H,10-11H2,1H3,(H,21,24)(H,22,26)/t16-/m0/s1. The van der Waals surface area contributed by atoms with Crippen LogP contribution in [0.1, 0.15) is 11.1 Å². The van der Waals surface area contributed by atoms with E-state index >= 15 is 0 Å². The Bertz CT molecular complexity index is 854. The van der Waals surface area contributed by atoms with E-state index in [-0.39, 0.29) is 6.54 Å². The highest BCUT2D eigenvalue weighted by molar-refractivity contribution is 6.30. The van der Waals surface area contributed by atoms with Gasteiger partial charge in [0.05, 0.1) is 0 Å². The fraction of sp³-hybridized carbons (Fsp3) is 0.211. The maximum Gasteiger partial charge on any atom is 0.325 e. The number of amides is 4. The van der Waals surface area contributed by atoms with Gasteiger partial charge in [-0.3, -0.25) is 14.5 Å². The summed E-state index contributed by atoms with van der Waals surface area (Å²) in [6.45, 7) is 1.48. The van der Waals surface area contributed by atoms with E-state index < -0.39 is 23.9 Å². The maximum atomic E-state index is 12.5. The predicted molar refractivity (Wildman–Crippen MR) is 99.0 cm³/mol. The van der Waals surface area contributed by atoms with Crippen LogP contribution >= 0.6 is 11.6 Å². The van der Waals surface area contributed by atoms with Crippen molar-refractivity contribution < 1.29 is 14.4 Å². The Balaban J connectivity index is 1.63. The zero-order valence-electron chi connectivity index (χ0n) is 14.2. The second kappa shape index (κ2) is 7.58. The van der Waals surface area contributed by atoms with Gasteiger partial charge in [-0.05, 0) is 36.2 Å². The summed E-state index contributed by atoms with van der Waals surface area (Å²) < 4.78 is 0. The molecule has 2 aromatic carbocycles. The van der Waals surface area contributed by atoms with Crippen molar-refractivity contribution in [3.05, 3.63) is 64.7 Å². The first-order valence-electron chi connectivity index (χ1n) is 8.16. The molecule has 0 radical (unpaired) electrons. The lowest BCUT2D eigenvalue weighted by Gasteiger charge is -2.14. The molecule has 0 spiro atoms. The van der Waals surface area contributed by atoms with E-state index in [1.165, 1.54) is 0 Å². The number of hydrogen-bond donors (Lipinski definition) is 2. The molecule has 1 heterocycles. The Morgan fingerprint density at radius 3 is 2.62 bits per heavy atom. The van der Waals surface area contributed by atoms with Gasteiger partial charge in [0.25, 0.3) is 5.91 Å². The van der Waals surface area contributed by atoms with E-state index in [4.69, 9.17) is 11.6 Å². The monoisotopic (exact) mass is 371 g/mol. The predicted octanol–water partition coefficient (Wildman–Crippen LogP) is 2.75. The number of imide groups is 1. The maximum absolute atomic E-state index is 12.5. The molecule has 0 bridgehead atoms. The molecule has 4 amide bonds. The van der Waals surface area contributed by atoms with Crippen LogP contribution in [0.15, 0.2) is 48.5 Å². The van der Waals surface area contributed by atoms with Gasteiger partial charge < -0.3 is 10.6 Å². The fourth-order valence-electron chi connectivity index (χ4n) is 2.82. The molecule has 3 rings (SSSR count). The first kappa shape index (κ1) is 17.9. The second-order valence-electron chi connectivity index (χ2n) is 6.12. The lowest BCUT2D eigenvalue weighted by Crippen LogP contribution is -2.38. The minimum Gasteiger partial charge on any atom is -0.325 e. The third kappa shape index (κ3) is 4.03. The fourth-order valence-corrected chi connectivity index (χ4v) is 3.04. The molecule has 26 heavy (non-hydrogen) atoms. The molecule has 0 aromatic heterocycles. The van der Waals surface area contributed by atoms with Gasteiger partial charge in [0.1, 0.15) is 12.6 Å². The van der Waals surface area contributed by atoms with Crippen molar-refractivity contribution in [1.82, 2.24) is 10.2 Å². The van der Waals surface area contributed by atoms with Crippen LogP contribution in [0, 0.1) is 6.92 Å². The highest BCUT2D eigenvalue weighted by Gasteiger charge is 2.38. The number of nitrogens with zero attached hydrogens (tertiary/aromatic N) is 1. The zero-order valence-corrected chi connectivity index (χ0v) is 14.9. The Hall–Kier alpha value is -2.86. The summed E-state index contributed by atoms with van der Waals surface area (Å²) in [5.74, 6) is -0.846. The van der Waals surface area contributed by atoms with Crippen molar-refractivity contribution in [3.63, 3.8) is 0 Å². The average molecular weight is 372 g/mol. The number of rotatable bonds is 5. The van der Waals surface area contributed by atoms with E-state index in [1.807, 2.05) is 37.3 Å². The van der Waals surface area contributed by atoms with Crippen LogP contribution in [0.3, 0.4) is 0 Å². The summed E-state index contributed by atoms with van der Waals surface area (Å²) >= 11 is 5.89. The van der Waals surface area contributed by atoms with E-state index in [2.05, 4.69) is 10.6 Å². The Morgan fingerprint density at radius 2 is 1.92 bits per heavy atom. The van der Waals surface area contributed by atoms with Crippen molar-refractivity contribution in [2.45, 2.75) is 19.4 Å². The van der Waals surface area contributed by atoms with Gasteiger partial charge in [0, 0.05) is 17.1 Å². The molecule has 0 unspecified atom stereocenters. The number of carbonyl (C=O) groups is 3. The number of nitrogens with one attached hydrogen (secondary N) is 2. The Morgan fingerprint density at radius 1 is 1.19 bits per heavy atom. The summed E-state index contributed by atoms with van der Waals surface area (Å²) in [6, 6.07) is 13.2. The number of carbonyl (C=O) groups excluding carboxylic acids is 3. The molecule has 1 saturated heterocycles. The number of urea groups is 1. The van der Waals surface area contributed by atoms with Gasteiger partial charge in [0.15, 0.2) is 0 Å². The normalized spacial score (nSPS) is 16.5. The number of benzene rings is 2. The van der Waals surface area contributed by atoms with Gasteiger partial charge >= 0.3 is 6.03 Å². The lowest BCUT2D eigenvalue weighted by molar-refractivity contribution is -0.130. The van der Waals surface area contributed by atoms with Gasteiger partial charge in [-0.2, -0.15) is 0 Å². The van der Waals surface area contributed by atoms with Gasteiger partial charge in [-0.25, -0.2) is 4.79 Å². The molecule has 1 aliphatic rings. The minimum absolute atomic E-state index is 0.335. The highest BCUT2D eigenvalue weighted by atomic mass is 35.5. The van der Waals surface area contributed by atoms with Crippen LogP contribution in [0.4, 0.5) is 10.5 Å². The van der Waals surface area contributed by atoms with Crippen molar-refractivity contribution >= 4 is 35.1 Å². The second-order valence-corrected chi connectivity index (χ2v) is 6.56. The van der Waals surface area contributed by atoms with Crippen LogP contribution < -0.4 is 10.6 Å². The van der Waals surface area contributed by atoms with Crippen LogP contribution in [0.25, 0.3) is 0 Å². The number of aryl methyl sites for hydroxylation is 1. The lowest BCUT2D eigenvalue weighted by atomic mass is 10.1. The third-order valence-electron chi connectivity index (χ3n) is 4.15. The number of anilines is 1. The summed E-state index contributed by atoms with van der Waals surface area (Å²) in [6.07, 6.45) is 0.389. The van der Waals surface area contributed by atoms with E-state index in [0.717, 1.165) is 16.0 Å². The van der Waals surface area contributed by atoms with E-state index in [1.54, 1.807) is 18.2 Å². The molecule has 1 fully saturated rings. The molecule has 2 aromatic rings. The summed E-state index contributed by atoms with van der Waals surface area (Å²) in [5.41, 5.74) is 2.33. The third-order valence-corrected chi connectivity index (χ3v) is 4.39. The quantitative estimate of drug-likeness (QED) is 0.793. The molecule has 134 valence electrons. The van der Waals surface area contributed by atoms with Crippen LogP contribution in [-0.2, 0) is 16.0 Å². The molecule has 7 heteroatoms. The largest absolute Gasteiger partial charge is 0.325 e. The first-order valence-corrected chi connectivity index (χ1v) is 8.53. The minimum atomic E-state index is -0.657. The average Bonchev–Trinajstić information content (AvgIpc) is 2.86. The Labute approximate surface area is 156 Å². The van der Waals surface area contributed by atoms with Crippen molar-refractivity contribution in [3.8, 4) is 0 Å². The summed E-state index contributed by atoms with van der Waals surface area (Å²) in [5, 5.41) is 5.90. The SMILES string of the molecule is Cc1cc(Cl)ccc1NC(=O)CN1C(=O)N[C@@H](Cc2ccccc2)C1=O. The van der Waals surface area contributed by atoms with Gasteiger partial charge in [-0.15, -0.1) is 0 Å². The smallest absolute Gasteiger partial charge is 0.325 e. The van der Waals surface area contributed by atoms with Crippen molar-refractivity contribution in [1.29, 1.82) is 0 Å². The summed E-state index contributed by atoms with van der Waals surface area (Å²) in [7, 11) is 0. The van der Waals surface area contributed by atoms with Crippen LogP contribution in [-0.4, -0.2) is 35.3 Å². The molecular formula is C19H18ClN3O3. The van der Waals surface area contributed by atoms with Gasteiger partial charge in [0.2, 0.25) is 5.91 Å². The number of hydrogen-bond acceptors (Lipinski definition) is 3. The van der Waals surface area contributed by atoms with Crippen LogP contribution in [0.5, 0.6) is 0 Å². The number of halogens is 1. The van der Waals surface area contributed by atoms with Gasteiger partial charge in [-0.1, -0.05) is 41.9 Å². The molecule has 6 nitrogen and oxygen atoms in total. The summed E-state index contributed by atoms with van der Waals surface area (Å²) in [4.78, 5) is 37.7. The molecule has 2 N–H and O–H groups in total. The first-order chi connectivity index (χ1) is 12.4. The molecule has 1 atom stereocenters. The molecule has 1 aliphatic heterocycles. The van der Waals surface area contributed by atoms with E-state index in [0.29, 0.717) is 17.1 Å². The topological polar surface area (TPSA) is 78.5 Å². The molecule has 0 aliphatic carbocycles. The van der Waals surface area contributed by atoms with Crippen molar-refractivity contribution in [2.75, 3.05) is 11.9 Å². The van der Waals surface area contributed by atoms with E-state index in [9.17, 15) is 14.4 Å². The zero-order chi connectivity index (χ0) is 18.7.